The van der Waals surface area contributed by atoms with E-state index < -0.39 is 5.92 Å². The first kappa shape index (κ1) is 7.66. The molecule has 1 rings (SSSR count). The average molecular weight is 147 g/mol. The van der Waals surface area contributed by atoms with Crippen molar-refractivity contribution in [3.63, 3.8) is 0 Å². The number of alkyl halides is 2. The Kier molecular flexibility index (Phi) is 1.77. The third kappa shape index (κ3) is 1.53. The zero-order chi connectivity index (χ0) is 7.78. The molecule has 0 aliphatic heterocycles. The standard InChI is InChI=1S/C7H11F2N/c1-5-4-7(8,9)3-2-6(5)10/h6H,1-4,10H2/t6-/m0/s1. The lowest BCUT2D eigenvalue weighted by molar-refractivity contribution is -0.0210. The van der Waals surface area contributed by atoms with E-state index in [0.29, 0.717) is 12.0 Å². The zero-order valence-corrected chi connectivity index (χ0v) is 5.74. The molecule has 0 saturated heterocycles. The van der Waals surface area contributed by atoms with Crippen molar-refractivity contribution < 1.29 is 8.78 Å². The van der Waals surface area contributed by atoms with Crippen molar-refractivity contribution in [3.8, 4) is 0 Å². The summed E-state index contributed by atoms with van der Waals surface area (Å²) < 4.78 is 25.0. The van der Waals surface area contributed by atoms with Crippen molar-refractivity contribution in [1.29, 1.82) is 0 Å². The minimum absolute atomic E-state index is 0.0901. The van der Waals surface area contributed by atoms with Crippen molar-refractivity contribution in [2.45, 2.75) is 31.2 Å². The average Bonchev–Trinajstić information content (AvgIpc) is 1.79. The summed E-state index contributed by atoms with van der Waals surface area (Å²) in [4.78, 5) is 0. The van der Waals surface area contributed by atoms with Gasteiger partial charge in [-0.05, 0) is 6.42 Å². The van der Waals surface area contributed by atoms with Crippen LogP contribution < -0.4 is 5.73 Å². The summed E-state index contributed by atoms with van der Waals surface area (Å²) in [5, 5.41) is 0. The van der Waals surface area contributed by atoms with E-state index in [9.17, 15) is 8.78 Å². The second-order valence-corrected chi connectivity index (χ2v) is 2.84. The van der Waals surface area contributed by atoms with Gasteiger partial charge in [-0.15, -0.1) is 0 Å². The fourth-order valence-corrected chi connectivity index (χ4v) is 1.12. The maximum Gasteiger partial charge on any atom is 0.251 e. The summed E-state index contributed by atoms with van der Waals surface area (Å²) in [5.41, 5.74) is 5.95. The van der Waals surface area contributed by atoms with Crippen molar-refractivity contribution in [3.05, 3.63) is 12.2 Å². The third-order valence-electron chi connectivity index (χ3n) is 1.83. The van der Waals surface area contributed by atoms with Gasteiger partial charge in [0.1, 0.15) is 0 Å². The first-order valence-corrected chi connectivity index (χ1v) is 3.32. The molecule has 0 aromatic carbocycles. The Bertz CT molecular complexity index is 154. The number of rotatable bonds is 0. The molecule has 0 aromatic rings. The molecule has 58 valence electrons. The van der Waals surface area contributed by atoms with Gasteiger partial charge in [-0.25, -0.2) is 8.78 Å². The Morgan fingerprint density at radius 2 is 2.20 bits per heavy atom. The van der Waals surface area contributed by atoms with Crippen molar-refractivity contribution in [2.24, 2.45) is 5.73 Å². The predicted octanol–water partition coefficient (Wildman–Crippen LogP) is 1.69. The summed E-state index contributed by atoms with van der Waals surface area (Å²) in [5.74, 6) is -2.55. The maximum atomic E-state index is 12.5. The van der Waals surface area contributed by atoms with Gasteiger partial charge >= 0.3 is 0 Å². The summed E-state index contributed by atoms with van der Waals surface area (Å²) >= 11 is 0. The molecule has 2 N–H and O–H groups in total. The van der Waals surface area contributed by atoms with E-state index in [2.05, 4.69) is 6.58 Å². The highest BCUT2D eigenvalue weighted by molar-refractivity contribution is 5.10. The lowest BCUT2D eigenvalue weighted by Gasteiger charge is -2.27. The highest BCUT2D eigenvalue weighted by Crippen LogP contribution is 2.34. The molecule has 0 radical (unpaired) electrons. The van der Waals surface area contributed by atoms with Crippen LogP contribution in [0, 0.1) is 0 Å². The van der Waals surface area contributed by atoms with Gasteiger partial charge in [-0.2, -0.15) is 0 Å². The molecule has 1 fully saturated rings. The molecule has 1 saturated carbocycles. The van der Waals surface area contributed by atoms with Crippen LogP contribution in [0.2, 0.25) is 0 Å². The van der Waals surface area contributed by atoms with Crippen molar-refractivity contribution in [2.75, 3.05) is 0 Å². The topological polar surface area (TPSA) is 26.0 Å². The van der Waals surface area contributed by atoms with Crippen LogP contribution in [0.4, 0.5) is 8.78 Å². The van der Waals surface area contributed by atoms with Crippen LogP contribution in [0.5, 0.6) is 0 Å². The van der Waals surface area contributed by atoms with E-state index >= 15 is 0 Å². The van der Waals surface area contributed by atoms with Gasteiger partial charge < -0.3 is 5.73 Å². The summed E-state index contributed by atoms with van der Waals surface area (Å²) in [6, 6.07) is -0.209. The first-order chi connectivity index (χ1) is 4.51. The molecule has 0 heterocycles. The van der Waals surface area contributed by atoms with Gasteiger partial charge in [-0.3, -0.25) is 0 Å². The maximum absolute atomic E-state index is 12.5. The molecule has 1 nitrogen and oxygen atoms in total. The molecule has 0 spiro atoms. The van der Waals surface area contributed by atoms with Crippen molar-refractivity contribution >= 4 is 0 Å². The van der Waals surface area contributed by atoms with Crippen LogP contribution >= 0.6 is 0 Å². The van der Waals surface area contributed by atoms with E-state index in [4.69, 9.17) is 5.73 Å². The molecule has 0 aromatic heterocycles. The largest absolute Gasteiger partial charge is 0.324 e. The van der Waals surface area contributed by atoms with Crippen LogP contribution in [0.3, 0.4) is 0 Å². The Morgan fingerprint density at radius 3 is 2.60 bits per heavy atom. The highest BCUT2D eigenvalue weighted by Gasteiger charge is 2.35. The number of halogens is 2. The smallest absolute Gasteiger partial charge is 0.251 e. The van der Waals surface area contributed by atoms with E-state index in [1.165, 1.54) is 0 Å². The minimum Gasteiger partial charge on any atom is -0.324 e. The van der Waals surface area contributed by atoms with Crippen LogP contribution in [0.1, 0.15) is 19.3 Å². The fraction of sp³-hybridized carbons (Fsp3) is 0.714. The zero-order valence-electron chi connectivity index (χ0n) is 5.74. The molecule has 1 aliphatic rings. The summed E-state index contributed by atoms with van der Waals surface area (Å²) in [7, 11) is 0. The van der Waals surface area contributed by atoms with Gasteiger partial charge in [0, 0.05) is 18.9 Å². The first-order valence-electron chi connectivity index (χ1n) is 3.32. The SMILES string of the molecule is C=C1CC(F)(F)CC[C@@H]1N. The third-order valence-corrected chi connectivity index (χ3v) is 1.83. The molecule has 1 aliphatic carbocycles. The van der Waals surface area contributed by atoms with Gasteiger partial charge in [0.15, 0.2) is 0 Å². The molecule has 10 heavy (non-hydrogen) atoms. The summed E-state index contributed by atoms with van der Waals surface area (Å²) in [6.45, 7) is 3.49. The van der Waals surface area contributed by atoms with E-state index in [1.807, 2.05) is 0 Å². The quantitative estimate of drug-likeness (QED) is 0.518. The van der Waals surface area contributed by atoms with Gasteiger partial charge in [0.2, 0.25) is 0 Å². The number of hydrogen-bond donors (Lipinski definition) is 1. The van der Waals surface area contributed by atoms with Gasteiger partial charge in [0.25, 0.3) is 5.92 Å². The summed E-state index contributed by atoms with van der Waals surface area (Å²) in [6.07, 6.45) is 0.0488. The van der Waals surface area contributed by atoms with Gasteiger partial charge in [0.05, 0.1) is 0 Å². The molecule has 1 atom stereocenters. The molecular weight excluding hydrogens is 136 g/mol. The number of nitrogens with two attached hydrogens (primary N) is 1. The van der Waals surface area contributed by atoms with E-state index in [-0.39, 0.29) is 18.9 Å². The Labute approximate surface area is 58.9 Å². The monoisotopic (exact) mass is 147 g/mol. The molecule has 0 amide bonds. The Hall–Kier alpha value is -0.440. The van der Waals surface area contributed by atoms with Gasteiger partial charge in [-0.1, -0.05) is 12.2 Å². The van der Waals surface area contributed by atoms with Crippen LogP contribution in [-0.2, 0) is 0 Å². The molecular formula is C7H11F2N. The second kappa shape index (κ2) is 2.31. The molecule has 0 bridgehead atoms. The minimum atomic E-state index is -2.55. The lowest BCUT2D eigenvalue weighted by Crippen LogP contribution is -2.34. The van der Waals surface area contributed by atoms with E-state index in [0.717, 1.165) is 0 Å². The van der Waals surface area contributed by atoms with Crippen LogP contribution in [-0.4, -0.2) is 12.0 Å². The van der Waals surface area contributed by atoms with Crippen LogP contribution in [0.15, 0.2) is 12.2 Å². The highest BCUT2D eigenvalue weighted by atomic mass is 19.3. The fourth-order valence-electron chi connectivity index (χ4n) is 1.12. The van der Waals surface area contributed by atoms with E-state index in [1.54, 1.807) is 0 Å². The number of hydrogen-bond acceptors (Lipinski definition) is 1. The van der Waals surface area contributed by atoms with Crippen LogP contribution in [0.25, 0.3) is 0 Å². The molecule has 0 unspecified atom stereocenters. The predicted molar refractivity (Wildman–Crippen MR) is 35.9 cm³/mol. The second-order valence-electron chi connectivity index (χ2n) is 2.84. The normalized spacial score (nSPS) is 32.3. The lowest BCUT2D eigenvalue weighted by atomic mass is 9.89. The van der Waals surface area contributed by atoms with Crippen molar-refractivity contribution in [1.82, 2.24) is 0 Å². The molecule has 3 heteroatoms. The Balaban J connectivity index is 2.57. The Morgan fingerprint density at radius 1 is 1.60 bits per heavy atom.